The molecular weight excluding hydrogens is 473 g/mol. The maximum absolute atomic E-state index is 12.7. The first-order valence-corrected chi connectivity index (χ1v) is 11.4. The Hall–Kier alpha value is -3.35. The van der Waals surface area contributed by atoms with Gasteiger partial charge in [-0.25, -0.2) is 5.43 Å². The molecule has 3 aromatic carbocycles. The zero-order valence-corrected chi connectivity index (χ0v) is 20.3. The molecule has 0 aromatic heterocycles. The predicted molar refractivity (Wildman–Crippen MR) is 136 cm³/mol. The molecule has 1 atom stereocenters. The molecule has 0 fully saturated rings. The van der Waals surface area contributed by atoms with Crippen LogP contribution in [0.3, 0.4) is 0 Å². The fourth-order valence-electron chi connectivity index (χ4n) is 3.12. The van der Waals surface area contributed by atoms with E-state index in [2.05, 4.69) is 15.8 Å². The topological polar surface area (TPSA) is 79.8 Å². The van der Waals surface area contributed by atoms with Gasteiger partial charge in [-0.1, -0.05) is 67.4 Å². The Bertz CT molecular complexity index is 1170. The minimum absolute atomic E-state index is 0.148. The second-order valence-corrected chi connectivity index (χ2v) is 8.77. The van der Waals surface area contributed by atoms with Crippen LogP contribution < -0.4 is 15.5 Å². The number of amides is 2. The predicted octanol–water partition coefficient (Wildman–Crippen LogP) is 5.48. The first kappa shape index (κ1) is 25.3. The van der Waals surface area contributed by atoms with Gasteiger partial charge < -0.3 is 10.1 Å². The Morgan fingerprint density at radius 2 is 1.71 bits per heavy atom. The number of rotatable bonds is 9. The Morgan fingerprint density at radius 1 is 0.971 bits per heavy atom. The fourth-order valence-corrected chi connectivity index (χ4v) is 3.52. The van der Waals surface area contributed by atoms with Crippen molar-refractivity contribution in [1.82, 2.24) is 10.7 Å². The summed E-state index contributed by atoms with van der Waals surface area (Å²) in [6, 6.07) is 20.5. The van der Waals surface area contributed by atoms with Crippen molar-refractivity contribution in [2.75, 3.05) is 0 Å². The molecule has 0 aliphatic heterocycles. The molecule has 0 saturated heterocycles. The molecule has 0 saturated carbocycles. The molecule has 3 rings (SSSR count). The van der Waals surface area contributed by atoms with Gasteiger partial charge in [0.1, 0.15) is 18.4 Å². The van der Waals surface area contributed by atoms with E-state index in [1.807, 2.05) is 38.1 Å². The van der Waals surface area contributed by atoms with Crippen LogP contribution in [0.15, 0.2) is 77.9 Å². The van der Waals surface area contributed by atoms with Crippen LogP contribution in [-0.2, 0) is 11.4 Å². The number of nitrogens with one attached hydrogen (secondary N) is 2. The van der Waals surface area contributed by atoms with Crippen LogP contribution in [0.5, 0.6) is 5.75 Å². The molecule has 34 heavy (non-hydrogen) atoms. The van der Waals surface area contributed by atoms with E-state index in [0.717, 1.165) is 5.56 Å². The van der Waals surface area contributed by atoms with Crippen molar-refractivity contribution in [1.29, 1.82) is 0 Å². The van der Waals surface area contributed by atoms with Gasteiger partial charge in [0.05, 0.1) is 6.21 Å². The summed E-state index contributed by atoms with van der Waals surface area (Å²) in [5, 5.41) is 7.95. The Balaban J connectivity index is 1.66. The molecule has 0 bridgehead atoms. The summed E-state index contributed by atoms with van der Waals surface area (Å²) in [5.74, 6) is -0.366. The summed E-state index contributed by atoms with van der Waals surface area (Å²) in [5.41, 5.74) is 4.47. The standard InChI is InChI=1S/C26H25Cl2N3O3/c1-17(2)24(30-25(32)19-8-4-3-5-9-19)26(33)31-29-15-20-14-22(28)11-12-23(20)34-16-18-7-6-10-21(27)13-18/h3-15,17,24H,16H2,1-2H3,(H,30,32)(H,31,33)/b29-15+. The van der Waals surface area contributed by atoms with Crippen molar-refractivity contribution in [3.05, 3.63) is 99.5 Å². The van der Waals surface area contributed by atoms with E-state index in [-0.39, 0.29) is 11.8 Å². The van der Waals surface area contributed by atoms with Crippen molar-refractivity contribution in [3.63, 3.8) is 0 Å². The molecule has 0 heterocycles. The lowest BCUT2D eigenvalue weighted by atomic mass is 10.0. The Labute approximate surface area is 208 Å². The number of halogens is 2. The van der Waals surface area contributed by atoms with Crippen LogP contribution in [0.4, 0.5) is 0 Å². The summed E-state index contributed by atoms with van der Waals surface area (Å²) < 4.78 is 5.90. The number of nitrogens with zero attached hydrogens (tertiary/aromatic N) is 1. The van der Waals surface area contributed by atoms with Crippen molar-refractivity contribution < 1.29 is 14.3 Å². The van der Waals surface area contributed by atoms with E-state index >= 15 is 0 Å². The SMILES string of the molecule is CC(C)C(NC(=O)c1ccccc1)C(=O)N/N=C/c1cc(Cl)ccc1OCc1cccc(Cl)c1. The molecule has 1 unspecified atom stereocenters. The lowest BCUT2D eigenvalue weighted by Gasteiger charge is -2.20. The average molecular weight is 498 g/mol. The van der Waals surface area contributed by atoms with E-state index in [4.69, 9.17) is 27.9 Å². The molecular formula is C26H25Cl2N3O3. The molecule has 2 amide bonds. The smallest absolute Gasteiger partial charge is 0.262 e. The third kappa shape index (κ3) is 7.33. The summed E-state index contributed by atoms with van der Waals surface area (Å²) in [6.45, 7) is 3.99. The lowest BCUT2D eigenvalue weighted by molar-refractivity contribution is -0.123. The van der Waals surface area contributed by atoms with Crippen LogP contribution in [0.2, 0.25) is 10.0 Å². The van der Waals surface area contributed by atoms with E-state index in [1.165, 1.54) is 6.21 Å². The van der Waals surface area contributed by atoms with E-state index < -0.39 is 11.9 Å². The molecule has 2 N–H and O–H groups in total. The van der Waals surface area contributed by atoms with Gasteiger partial charge in [-0.3, -0.25) is 9.59 Å². The number of carbonyl (C=O) groups excluding carboxylic acids is 2. The van der Waals surface area contributed by atoms with Crippen LogP contribution in [0.1, 0.15) is 35.3 Å². The van der Waals surface area contributed by atoms with Gasteiger partial charge in [-0.15, -0.1) is 0 Å². The number of hydrogen-bond donors (Lipinski definition) is 2. The van der Waals surface area contributed by atoms with Crippen molar-refractivity contribution in [2.24, 2.45) is 11.0 Å². The highest BCUT2D eigenvalue weighted by atomic mass is 35.5. The van der Waals surface area contributed by atoms with E-state index in [9.17, 15) is 9.59 Å². The third-order valence-corrected chi connectivity index (χ3v) is 5.38. The van der Waals surface area contributed by atoms with Gasteiger partial charge in [0, 0.05) is 21.2 Å². The molecule has 6 nitrogen and oxygen atoms in total. The second kappa shape index (κ2) is 12.2. The largest absolute Gasteiger partial charge is 0.488 e. The monoisotopic (exact) mass is 497 g/mol. The minimum Gasteiger partial charge on any atom is -0.488 e. The lowest BCUT2D eigenvalue weighted by Crippen LogP contribution is -2.48. The number of hydrogen-bond acceptors (Lipinski definition) is 4. The average Bonchev–Trinajstić information content (AvgIpc) is 2.82. The van der Waals surface area contributed by atoms with Crippen LogP contribution in [-0.4, -0.2) is 24.1 Å². The summed E-state index contributed by atoms with van der Waals surface area (Å²) in [6.07, 6.45) is 1.45. The van der Waals surface area contributed by atoms with Gasteiger partial charge in [-0.05, 0) is 53.9 Å². The zero-order valence-electron chi connectivity index (χ0n) is 18.8. The second-order valence-electron chi connectivity index (χ2n) is 7.90. The number of carbonyl (C=O) groups is 2. The summed E-state index contributed by atoms with van der Waals surface area (Å²) in [4.78, 5) is 25.2. The maximum Gasteiger partial charge on any atom is 0.262 e. The molecule has 0 radical (unpaired) electrons. The van der Waals surface area contributed by atoms with Gasteiger partial charge in [0.25, 0.3) is 11.8 Å². The van der Waals surface area contributed by atoms with Crippen molar-refractivity contribution >= 4 is 41.2 Å². The minimum atomic E-state index is -0.761. The maximum atomic E-state index is 12.7. The molecule has 176 valence electrons. The third-order valence-electron chi connectivity index (χ3n) is 4.91. The highest BCUT2D eigenvalue weighted by Gasteiger charge is 2.24. The summed E-state index contributed by atoms with van der Waals surface area (Å²) >= 11 is 12.2. The molecule has 0 aliphatic carbocycles. The molecule has 8 heteroatoms. The quantitative estimate of drug-likeness (QED) is 0.303. The van der Waals surface area contributed by atoms with Gasteiger partial charge in [0.2, 0.25) is 0 Å². The highest BCUT2D eigenvalue weighted by molar-refractivity contribution is 6.31. The number of hydrazone groups is 1. The Kier molecular flexibility index (Phi) is 9.08. The number of ether oxygens (including phenoxy) is 1. The first-order chi connectivity index (χ1) is 16.3. The van der Waals surface area contributed by atoms with Crippen LogP contribution in [0, 0.1) is 5.92 Å². The highest BCUT2D eigenvalue weighted by Crippen LogP contribution is 2.23. The zero-order chi connectivity index (χ0) is 24.5. The normalized spacial score (nSPS) is 11.9. The Morgan fingerprint density at radius 3 is 2.41 bits per heavy atom. The van der Waals surface area contributed by atoms with Crippen LogP contribution >= 0.6 is 23.2 Å². The van der Waals surface area contributed by atoms with Gasteiger partial charge in [-0.2, -0.15) is 5.10 Å². The first-order valence-electron chi connectivity index (χ1n) is 10.7. The van der Waals surface area contributed by atoms with Crippen molar-refractivity contribution in [3.8, 4) is 5.75 Å². The molecule has 0 aliphatic rings. The summed E-state index contributed by atoms with van der Waals surface area (Å²) in [7, 11) is 0. The van der Waals surface area contributed by atoms with Gasteiger partial charge in [0.15, 0.2) is 0 Å². The van der Waals surface area contributed by atoms with Gasteiger partial charge >= 0.3 is 0 Å². The van der Waals surface area contributed by atoms with E-state index in [1.54, 1.807) is 48.5 Å². The molecule has 3 aromatic rings. The molecule has 0 spiro atoms. The number of benzene rings is 3. The van der Waals surface area contributed by atoms with E-state index in [0.29, 0.717) is 33.5 Å². The van der Waals surface area contributed by atoms with Crippen LogP contribution in [0.25, 0.3) is 0 Å². The van der Waals surface area contributed by atoms with Crippen molar-refractivity contribution in [2.45, 2.75) is 26.5 Å². The fraction of sp³-hybridized carbons (Fsp3) is 0.192.